The van der Waals surface area contributed by atoms with E-state index in [9.17, 15) is 4.39 Å². The molecule has 1 unspecified atom stereocenters. The predicted molar refractivity (Wildman–Crippen MR) is 83.5 cm³/mol. The zero-order chi connectivity index (χ0) is 14.7. The van der Waals surface area contributed by atoms with Gasteiger partial charge in [0.1, 0.15) is 5.83 Å². The summed E-state index contributed by atoms with van der Waals surface area (Å²) in [5.74, 6) is -0.0198. The van der Waals surface area contributed by atoms with Crippen molar-refractivity contribution in [1.82, 2.24) is 14.9 Å². The topological polar surface area (TPSA) is 29.9 Å². The van der Waals surface area contributed by atoms with Crippen LogP contribution in [0.4, 0.5) is 4.39 Å². The second-order valence-electron chi connectivity index (χ2n) is 5.81. The minimum atomic E-state index is -0.0198. The van der Waals surface area contributed by atoms with E-state index in [4.69, 9.17) is 0 Å². The molecule has 4 heteroatoms. The summed E-state index contributed by atoms with van der Waals surface area (Å²) in [5, 5.41) is 3.37. The molecule has 0 radical (unpaired) electrons. The third-order valence-electron chi connectivity index (χ3n) is 4.38. The molecule has 0 bridgehead atoms. The number of rotatable bonds is 3. The largest absolute Gasteiger partial charge is 0.324 e. The van der Waals surface area contributed by atoms with Crippen molar-refractivity contribution in [3.8, 4) is 0 Å². The van der Waals surface area contributed by atoms with Crippen molar-refractivity contribution in [3.63, 3.8) is 0 Å². The first-order valence-electron chi connectivity index (χ1n) is 7.71. The number of imidazole rings is 1. The van der Waals surface area contributed by atoms with Crippen LogP contribution in [0.2, 0.25) is 0 Å². The summed E-state index contributed by atoms with van der Waals surface area (Å²) in [7, 11) is 0. The molecule has 0 spiro atoms. The lowest BCUT2D eigenvalue weighted by atomic mass is 9.98. The zero-order valence-corrected chi connectivity index (χ0v) is 12.5. The summed E-state index contributed by atoms with van der Waals surface area (Å²) in [6, 6.07) is 0.227. The van der Waals surface area contributed by atoms with E-state index >= 15 is 0 Å². The summed E-state index contributed by atoms with van der Waals surface area (Å²) < 4.78 is 15.3. The summed E-state index contributed by atoms with van der Waals surface area (Å²) in [5.41, 5.74) is 3.89. The number of nitrogens with zero attached hydrogens (tertiary/aromatic N) is 2. The molecule has 2 heterocycles. The molecule has 1 saturated heterocycles. The molecular formula is C17H22FN3. The molecule has 1 fully saturated rings. The van der Waals surface area contributed by atoms with Gasteiger partial charge in [-0.05, 0) is 57.0 Å². The zero-order valence-electron chi connectivity index (χ0n) is 12.5. The van der Waals surface area contributed by atoms with Crippen molar-refractivity contribution in [2.24, 2.45) is 0 Å². The molecule has 1 N–H and O–H groups in total. The Hall–Kier alpha value is -1.68. The number of nitrogens with one attached hydrogen (secondary N) is 1. The van der Waals surface area contributed by atoms with Crippen molar-refractivity contribution < 1.29 is 4.39 Å². The van der Waals surface area contributed by atoms with Crippen LogP contribution in [0.25, 0.3) is 6.08 Å². The van der Waals surface area contributed by atoms with Gasteiger partial charge in [0.05, 0.1) is 24.3 Å². The van der Waals surface area contributed by atoms with Crippen molar-refractivity contribution in [1.29, 1.82) is 0 Å². The number of halogens is 1. The Balaban J connectivity index is 1.81. The fourth-order valence-corrected chi connectivity index (χ4v) is 3.01. The summed E-state index contributed by atoms with van der Waals surface area (Å²) in [4.78, 5) is 4.30. The van der Waals surface area contributed by atoms with Gasteiger partial charge in [-0.15, -0.1) is 0 Å². The average molecular weight is 287 g/mol. The lowest BCUT2D eigenvalue weighted by molar-refractivity contribution is 0.543. The molecule has 112 valence electrons. The Kier molecular flexibility index (Phi) is 4.34. The predicted octanol–water partition coefficient (Wildman–Crippen LogP) is 3.78. The van der Waals surface area contributed by atoms with Crippen LogP contribution >= 0.6 is 0 Å². The molecule has 0 amide bonds. The van der Waals surface area contributed by atoms with Gasteiger partial charge in [-0.2, -0.15) is 0 Å². The van der Waals surface area contributed by atoms with E-state index < -0.39 is 0 Å². The second-order valence-corrected chi connectivity index (χ2v) is 5.81. The maximum Gasteiger partial charge on any atom is 0.100 e. The van der Waals surface area contributed by atoms with Crippen molar-refractivity contribution in [2.45, 2.75) is 38.6 Å². The Bertz CT molecular complexity index is 587. The standard InChI is InChI=1S/C17H22FN3/c1-13(15-2-4-16(18)5-3-15)21-12-20-11-17(21)10-14-6-8-19-9-7-14/h2,4,10-13,19H,3,5-9H2,1H3. The van der Waals surface area contributed by atoms with Gasteiger partial charge in [0.15, 0.2) is 0 Å². The first-order valence-corrected chi connectivity index (χ1v) is 7.71. The third-order valence-corrected chi connectivity index (χ3v) is 4.38. The maximum atomic E-state index is 13.1. The molecule has 3 nitrogen and oxygen atoms in total. The molecule has 3 rings (SSSR count). The highest BCUT2D eigenvalue weighted by atomic mass is 19.1. The van der Waals surface area contributed by atoms with Crippen LogP contribution in [0.1, 0.15) is 44.3 Å². The van der Waals surface area contributed by atoms with Crippen molar-refractivity contribution >= 4 is 6.08 Å². The number of hydrogen-bond donors (Lipinski definition) is 1. The molecule has 0 saturated carbocycles. The summed E-state index contributed by atoms with van der Waals surface area (Å²) in [6.07, 6.45) is 13.1. The lowest BCUT2D eigenvalue weighted by Crippen LogP contribution is -2.23. The summed E-state index contributed by atoms with van der Waals surface area (Å²) in [6.45, 7) is 4.28. The monoisotopic (exact) mass is 287 g/mol. The quantitative estimate of drug-likeness (QED) is 0.916. The smallest absolute Gasteiger partial charge is 0.100 e. The molecule has 1 aromatic rings. The molecule has 2 aliphatic rings. The van der Waals surface area contributed by atoms with E-state index in [1.54, 1.807) is 6.08 Å². The number of piperidine rings is 1. The van der Waals surface area contributed by atoms with Crippen LogP contribution in [-0.4, -0.2) is 22.6 Å². The van der Waals surface area contributed by atoms with Crippen LogP contribution in [0.15, 0.2) is 41.6 Å². The molecule has 1 atom stereocenters. The Morgan fingerprint density at radius 2 is 2.05 bits per heavy atom. The van der Waals surface area contributed by atoms with Crippen LogP contribution < -0.4 is 5.32 Å². The minimum absolute atomic E-state index is 0.0198. The molecule has 1 aliphatic carbocycles. The van der Waals surface area contributed by atoms with E-state index in [0.717, 1.165) is 38.0 Å². The van der Waals surface area contributed by atoms with Crippen LogP contribution in [0.5, 0.6) is 0 Å². The lowest BCUT2D eigenvalue weighted by Gasteiger charge is -2.21. The third kappa shape index (κ3) is 3.32. The van der Waals surface area contributed by atoms with Gasteiger partial charge >= 0.3 is 0 Å². The molecular weight excluding hydrogens is 265 g/mol. The Morgan fingerprint density at radius 3 is 2.76 bits per heavy atom. The molecule has 0 aromatic carbocycles. The Morgan fingerprint density at radius 1 is 1.24 bits per heavy atom. The highest BCUT2D eigenvalue weighted by Crippen LogP contribution is 2.29. The van der Waals surface area contributed by atoms with Gasteiger partial charge in [0.25, 0.3) is 0 Å². The van der Waals surface area contributed by atoms with Gasteiger partial charge in [-0.3, -0.25) is 0 Å². The number of hydrogen-bond acceptors (Lipinski definition) is 2. The first-order chi connectivity index (χ1) is 10.2. The van der Waals surface area contributed by atoms with Crippen molar-refractivity contribution in [2.75, 3.05) is 13.1 Å². The minimum Gasteiger partial charge on any atom is -0.324 e. The fourth-order valence-electron chi connectivity index (χ4n) is 3.01. The summed E-state index contributed by atoms with van der Waals surface area (Å²) >= 11 is 0. The normalized spacial score (nSPS) is 20.8. The molecule has 1 aromatic heterocycles. The van der Waals surface area contributed by atoms with E-state index in [2.05, 4.69) is 27.9 Å². The van der Waals surface area contributed by atoms with Gasteiger partial charge in [0.2, 0.25) is 0 Å². The molecule has 1 aliphatic heterocycles. The van der Waals surface area contributed by atoms with E-state index in [1.807, 2.05) is 18.6 Å². The van der Waals surface area contributed by atoms with Gasteiger partial charge < -0.3 is 9.88 Å². The maximum absolute atomic E-state index is 13.1. The first kappa shape index (κ1) is 14.3. The van der Waals surface area contributed by atoms with Gasteiger partial charge in [-0.1, -0.05) is 11.6 Å². The number of allylic oxidation sites excluding steroid dienone is 4. The van der Waals surface area contributed by atoms with E-state index in [0.29, 0.717) is 6.42 Å². The van der Waals surface area contributed by atoms with E-state index in [1.165, 1.54) is 11.1 Å². The van der Waals surface area contributed by atoms with Gasteiger partial charge in [-0.25, -0.2) is 9.37 Å². The Labute approximate surface area is 125 Å². The van der Waals surface area contributed by atoms with Crippen LogP contribution in [-0.2, 0) is 0 Å². The molecule has 21 heavy (non-hydrogen) atoms. The highest BCUT2D eigenvalue weighted by molar-refractivity contribution is 5.49. The average Bonchev–Trinajstić information content (AvgIpc) is 2.96. The van der Waals surface area contributed by atoms with Gasteiger partial charge in [0, 0.05) is 6.42 Å². The van der Waals surface area contributed by atoms with Crippen LogP contribution in [0, 0.1) is 0 Å². The van der Waals surface area contributed by atoms with E-state index in [-0.39, 0.29) is 11.9 Å². The fraction of sp³-hybridized carbons (Fsp3) is 0.471. The number of aromatic nitrogens is 2. The van der Waals surface area contributed by atoms with Crippen LogP contribution in [0.3, 0.4) is 0 Å². The SMILES string of the molecule is CC(C1=CC=C(F)CC1)n1cncc1C=C1CCNCC1. The van der Waals surface area contributed by atoms with Crippen molar-refractivity contribution in [3.05, 3.63) is 47.3 Å². The highest BCUT2D eigenvalue weighted by Gasteiger charge is 2.16. The second kappa shape index (κ2) is 6.39.